The van der Waals surface area contributed by atoms with Crippen molar-refractivity contribution in [3.05, 3.63) is 94.0 Å². The van der Waals surface area contributed by atoms with Gasteiger partial charge in [0.05, 0.1) is 24.8 Å². The van der Waals surface area contributed by atoms with Crippen LogP contribution in [-0.2, 0) is 22.3 Å². The fourth-order valence-electron chi connectivity index (χ4n) is 4.75. The zero-order chi connectivity index (χ0) is 28.9. The third-order valence-corrected chi connectivity index (χ3v) is 6.91. The summed E-state index contributed by atoms with van der Waals surface area (Å²) in [5.74, 6) is 0.758. The molecule has 1 aliphatic rings. The smallest absolute Gasteiger partial charge is 0.410 e. The number of aliphatic hydroxyl groups excluding tert-OH is 1. The standard InChI is InChI=1S/C32H36ClNO6/c1-5-38-30(36)23-7-6-8-27(18-23)39-28-16-12-21-11-15-26(17-24(21)19-28)34(31(37)40-32(2,3)4)20-29(35)22-9-13-25(33)14-10-22/h6-10,12-14,16,18-19,26,29,35H,5,11,15,17,20H2,1-4H3/t26-,29-/m0/s1. The monoisotopic (exact) mass is 565 g/mol. The zero-order valence-electron chi connectivity index (χ0n) is 23.4. The lowest BCUT2D eigenvalue weighted by atomic mass is 9.87. The number of ether oxygens (including phenoxy) is 3. The van der Waals surface area contributed by atoms with E-state index in [1.807, 2.05) is 39.0 Å². The number of aryl methyl sites for hydroxylation is 1. The average Bonchev–Trinajstić information content (AvgIpc) is 2.91. The van der Waals surface area contributed by atoms with Gasteiger partial charge in [-0.2, -0.15) is 0 Å². The van der Waals surface area contributed by atoms with Gasteiger partial charge in [-0.05, 0) is 106 Å². The Morgan fingerprint density at radius 2 is 1.75 bits per heavy atom. The number of halogens is 1. The van der Waals surface area contributed by atoms with Gasteiger partial charge in [0.15, 0.2) is 0 Å². The van der Waals surface area contributed by atoms with Crippen LogP contribution in [0.25, 0.3) is 0 Å². The molecule has 0 bridgehead atoms. The number of carbonyl (C=O) groups excluding carboxylic acids is 2. The first kappa shape index (κ1) is 29.4. The third-order valence-electron chi connectivity index (χ3n) is 6.65. The maximum absolute atomic E-state index is 13.3. The molecule has 0 aliphatic heterocycles. The number of aliphatic hydroxyl groups is 1. The van der Waals surface area contributed by atoms with Gasteiger partial charge in [0.25, 0.3) is 0 Å². The van der Waals surface area contributed by atoms with Crippen molar-refractivity contribution < 1.29 is 28.9 Å². The Hall–Kier alpha value is -3.55. The van der Waals surface area contributed by atoms with Crippen molar-refractivity contribution in [2.45, 2.75) is 64.7 Å². The molecule has 0 radical (unpaired) electrons. The van der Waals surface area contributed by atoms with E-state index in [0.29, 0.717) is 40.7 Å². The normalized spacial score (nSPS) is 15.5. The predicted octanol–water partition coefficient (Wildman–Crippen LogP) is 7.14. The topological polar surface area (TPSA) is 85.3 Å². The number of hydrogen-bond donors (Lipinski definition) is 1. The Balaban J connectivity index is 1.54. The fourth-order valence-corrected chi connectivity index (χ4v) is 4.88. The molecule has 0 aromatic heterocycles. The Morgan fingerprint density at radius 3 is 2.45 bits per heavy atom. The molecule has 212 valence electrons. The number of esters is 1. The van der Waals surface area contributed by atoms with Crippen LogP contribution < -0.4 is 4.74 Å². The average molecular weight is 566 g/mol. The molecule has 40 heavy (non-hydrogen) atoms. The van der Waals surface area contributed by atoms with Crippen molar-refractivity contribution in [3.8, 4) is 11.5 Å². The van der Waals surface area contributed by atoms with Gasteiger partial charge >= 0.3 is 12.1 Å². The van der Waals surface area contributed by atoms with Crippen LogP contribution in [-0.4, -0.2) is 46.9 Å². The van der Waals surface area contributed by atoms with E-state index in [2.05, 4.69) is 0 Å². The summed E-state index contributed by atoms with van der Waals surface area (Å²) < 4.78 is 16.9. The van der Waals surface area contributed by atoms with E-state index < -0.39 is 23.8 Å². The van der Waals surface area contributed by atoms with Gasteiger partial charge in [-0.15, -0.1) is 0 Å². The van der Waals surface area contributed by atoms with Gasteiger partial charge in [-0.25, -0.2) is 9.59 Å². The number of nitrogens with zero attached hydrogens (tertiary/aromatic N) is 1. The van der Waals surface area contributed by atoms with Crippen molar-refractivity contribution in [2.75, 3.05) is 13.2 Å². The minimum Gasteiger partial charge on any atom is -0.462 e. The van der Waals surface area contributed by atoms with E-state index in [0.717, 1.165) is 18.4 Å². The molecule has 1 amide bonds. The lowest BCUT2D eigenvalue weighted by Gasteiger charge is -2.37. The second-order valence-electron chi connectivity index (χ2n) is 10.9. The van der Waals surface area contributed by atoms with E-state index in [1.165, 1.54) is 5.56 Å². The van der Waals surface area contributed by atoms with E-state index in [4.69, 9.17) is 25.8 Å². The highest BCUT2D eigenvalue weighted by atomic mass is 35.5. The van der Waals surface area contributed by atoms with E-state index in [9.17, 15) is 14.7 Å². The minimum absolute atomic E-state index is 0.0907. The second kappa shape index (κ2) is 12.7. The van der Waals surface area contributed by atoms with Crippen molar-refractivity contribution >= 4 is 23.7 Å². The number of carbonyl (C=O) groups is 2. The fraction of sp³-hybridized carbons (Fsp3) is 0.375. The van der Waals surface area contributed by atoms with Gasteiger partial charge in [0.1, 0.15) is 17.1 Å². The van der Waals surface area contributed by atoms with Crippen LogP contribution in [0.5, 0.6) is 11.5 Å². The number of benzene rings is 3. The quantitative estimate of drug-likeness (QED) is 0.292. The molecule has 0 heterocycles. The minimum atomic E-state index is -0.896. The highest BCUT2D eigenvalue weighted by Crippen LogP contribution is 2.32. The Bertz CT molecular complexity index is 1330. The Kier molecular flexibility index (Phi) is 9.38. The predicted molar refractivity (Wildman–Crippen MR) is 154 cm³/mol. The van der Waals surface area contributed by atoms with Gasteiger partial charge in [-0.1, -0.05) is 35.9 Å². The molecule has 0 unspecified atom stereocenters. The molecule has 0 spiro atoms. The van der Waals surface area contributed by atoms with Crippen molar-refractivity contribution in [1.82, 2.24) is 4.90 Å². The maximum Gasteiger partial charge on any atom is 0.410 e. The summed E-state index contributed by atoms with van der Waals surface area (Å²) in [4.78, 5) is 27.1. The second-order valence-corrected chi connectivity index (χ2v) is 11.3. The summed E-state index contributed by atoms with van der Waals surface area (Å²) in [6, 6.07) is 19.6. The van der Waals surface area contributed by atoms with Crippen LogP contribution in [0.3, 0.4) is 0 Å². The number of amides is 1. The van der Waals surface area contributed by atoms with Crippen LogP contribution in [0.4, 0.5) is 4.79 Å². The summed E-state index contributed by atoms with van der Waals surface area (Å²) in [5.41, 5.74) is 2.67. The summed E-state index contributed by atoms with van der Waals surface area (Å²) in [7, 11) is 0. The van der Waals surface area contributed by atoms with Gasteiger partial charge < -0.3 is 24.2 Å². The maximum atomic E-state index is 13.3. The Labute approximate surface area is 240 Å². The van der Waals surface area contributed by atoms with Gasteiger partial charge in [0.2, 0.25) is 0 Å². The molecule has 3 aromatic rings. The van der Waals surface area contributed by atoms with Crippen molar-refractivity contribution in [2.24, 2.45) is 0 Å². The lowest BCUT2D eigenvalue weighted by molar-refractivity contribution is 0.00194. The molecule has 0 saturated carbocycles. The molecular formula is C32H36ClNO6. The van der Waals surface area contributed by atoms with Crippen LogP contribution in [0.2, 0.25) is 5.02 Å². The first-order valence-corrected chi connectivity index (χ1v) is 13.9. The molecule has 1 aliphatic carbocycles. The largest absolute Gasteiger partial charge is 0.462 e. The lowest BCUT2D eigenvalue weighted by Crippen LogP contribution is -2.47. The summed E-state index contributed by atoms with van der Waals surface area (Å²) in [5, 5.41) is 11.6. The van der Waals surface area contributed by atoms with E-state index in [-0.39, 0.29) is 12.6 Å². The summed E-state index contributed by atoms with van der Waals surface area (Å²) in [6.07, 6.45) is 0.739. The van der Waals surface area contributed by atoms with Gasteiger partial charge in [-0.3, -0.25) is 0 Å². The van der Waals surface area contributed by atoms with Crippen LogP contribution in [0.15, 0.2) is 66.7 Å². The van der Waals surface area contributed by atoms with Gasteiger partial charge in [0, 0.05) is 11.1 Å². The first-order valence-electron chi connectivity index (χ1n) is 13.5. The molecule has 4 rings (SSSR count). The molecule has 8 heteroatoms. The zero-order valence-corrected chi connectivity index (χ0v) is 24.1. The van der Waals surface area contributed by atoms with Crippen LogP contribution >= 0.6 is 11.6 Å². The van der Waals surface area contributed by atoms with Crippen LogP contribution in [0, 0.1) is 0 Å². The molecule has 2 atom stereocenters. The van der Waals surface area contributed by atoms with E-state index in [1.54, 1.807) is 60.4 Å². The SMILES string of the molecule is CCOC(=O)c1cccc(Oc2ccc3c(c2)C[C@@H](N(C[C@H](O)c2ccc(Cl)cc2)C(=O)OC(C)(C)C)CC3)c1. The van der Waals surface area contributed by atoms with Crippen molar-refractivity contribution in [1.29, 1.82) is 0 Å². The molecule has 0 fully saturated rings. The Morgan fingerprint density at radius 1 is 1.02 bits per heavy atom. The molecule has 3 aromatic carbocycles. The number of rotatable bonds is 8. The highest BCUT2D eigenvalue weighted by molar-refractivity contribution is 6.30. The number of hydrogen-bond acceptors (Lipinski definition) is 6. The summed E-state index contributed by atoms with van der Waals surface area (Å²) in [6.45, 7) is 7.64. The summed E-state index contributed by atoms with van der Waals surface area (Å²) >= 11 is 6.02. The first-order chi connectivity index (χ1) is 19.0. The number of fused-ring (bicyclic) bond motifs is 1. The molecule has 0 saturated heterocycles. The highest BCUT2D eigenvalue weighted by Gasteiger charge is 2.33. The molecular weight excluding hydrogens is 530 g/mol. The van der Waals surface area contributed by atoms with Crippen molar-refractivity contribution in [3.63, 3.8) is 0 Å². The van der Waals surface area contributed by atoms with Crippen LogP contribution in [0.1, 0.15) is 67.3 Å². The third kappa shape index (κ3) is 7.77. The van der Waals surface area contributed by atoms with E-state index >= 15 is 0 Å². The molecule has 7 nitrogen and oxygen atoms in total. The molecule has 1 N–H and O–H groups in total.